The first-order valence-electron chi connectivity index (χ1n) is 4.23. The quantitative estimate of drug-likeness (QED) is 0.675. The van der Waals surface area contributed by atoms with Crippen molar-refractivity contribution in [2.24, 2.45) is 0 Å². The Bertz CT molecular complexity index is 336. The van der Waals surface area contributed by atoms with E-state index in [9.17, 15) is 0 Å². The second kappa shape index (κ2) is 2.82. The van der Waals surface area contributed by atoms with Crippen LogP contribution in [0.3, 0.4) is 0 Å². The van der Waals surface area contributed by atoms with Gasteiger partial charge in [0, 0.05) is 11.0 Å². The van der Waals surface area contributed by atoms with Gasteiger partial charge in [-0.25, -0.2) is 9.97 Å². The molecule has 2 nitrogen and oxygen atoms in total. The fourth-order valence-electron chi connectivity index (χ4n) is 1.14. The van der Waals surface area contributed by atoms with Crippen LogP contribution in [-0.4, -0.2) is 9.97 Å². The molecule has 1 aliphatic rings. The molecule has 0 bridgehead atoms. The van der Waals surface area contributed by atoms with Gasteiger partial charge >= 0.3 is 0 Å². The van der Waals surface area contributed by atoms with Crippen molar-refractivity contribution in [1.82, 2.24) is 9.97 Å². The number of hydrogen-bond donors (Lipinski definition) is 0. The van der Waals surface area contributed by atoms with Gasteiger partial charge in [-0.05, 0) is 19.8 Å². The van der Waals surface area contributed by atoms with Crippen LogP contribution in [-0.2, 0) is 5.41 Å². The molecule has 1 aromatic rings. The van der Waals surface area contributed by atoms with Crippen molar-refractivity contribution in [3.8, 4) is 0 Å². The highest BCUT2D eigenvalue weighted by atomic mass is 35.5. The average molecular weight is 217 g/mol. The van der Waals surface area contributed by atoms with Gasteiger partial charge in [0.15, 0.2) is 0 Å². The van der Waals surface area contributed by atoms with Gasteiger partial charge < -0.3 is 0 Å². The largest absolute Gasteiger partial charge is 0.220 e. The molecule has 2 rings (SSSR count). The lowest BCUT2D eigenvalue weighted by molar-refractivity contribution is 0.706. The molecule has 1 saturated carbocycles. The lowest BCUT2D eigenvalue weighted by Gasteiger charge is -2.08. The van der Waals surface area contributed by atoms with Gasteiger partial charge in [-0.2, -0.15) is 0 Å². The summed E-state index contributed by atoms with van der Waals surface area (Å²) in [5.74, 6) is 0.785. The first kappa shape index (κ1) is 9.22. The summed E-state index contributed by atoms with van der Waals surface area (Å²) < 4.78 is 0. The van der Waals surface area contributed by atoms with Crippen LogP contribution in [0.25, 0.3) is 0 Å². The average Bonchev–Trinajstić information content (AvgIpc) is 2.80. The molecule has 13 heavy (non-hydrogen) atoms. The van der Waals surface area contributed by atoms with Gasteiger partial charge in [0.05, 0.1) is 0 Å². The van der Waals surface area contributed by atoms with Crippen LogP contribution in [0.4, 0.5) is 0 Å². The SMILES string of the molecule is Cc1c(Cl)nc(C2(C)CC2)nc1Cl. The predicted octanol–water partition coefficient (Wildman–Crippen LogP) is 3.14. The standard InChI is InChI=1S/C9H10Cl2N2/c1-5-6(10)12-8(13-7(5)11)9(2)3-4-9/h3-4H2,1-2H3. The predicted molar refractivity (Wildman–Crippen MR) is 53.4 cm³/mol. The third-order valence-corrected chi connectivity index (χ3v) is 3.30. The summed E-state index contributed by atoms with van der Waals surface area (Å²) in [5, 5.41) is 0.950. The van der Waals surface area contributed by atoms with Crippen LogP contribution in [0.2, 0.25) is 10.3 Å². The summed E-state index contributed by atoms with van der Waals surface area (Å²) in [7, 11) is 0. The van der Waals surface area contributed by atoms with Crippen molar-refractivity contribution in [2.45, 2.75) is 32.1 Å². The lowest BCUT2D eigenvalue weighted by Crippen LogP contribution is -2.08. The van der Waals surface area contributed by atoms with E-state index < -0.39 is 0 Å². The minimum Gasteiger partial charge on any atom is -0.220 e. The molecule has 0 unspecified atom stereocenters. The summed E-state index contributed by atoms with van der Waals surface area (Å²) >= 11 is 11.8. The highest BCUT2D eigenvalue weighted by Crippen LogP contribution is 2.46. The molecule has 0 saturated heterocycles. The maximum absolute atomic E-state index is 5.92. The lowest BCUT2D eigenvalue weighted by atomic mass is 10.1. The Balaban J connectivity index is 2.50. The summed E-state index contributed by atoms with van der Waals surface area (Å²) in [6.45, 7) is 3.95. The summed E-state index contributed by atoms with van der Waals surface area (Å²) in [4.78, 5) is 8.47. The topological polar surface area (TPSA) is 25.8 Å². The fourth-order valence-corrected chi connectivity index (χ4v) is 1.53. The zero-order chi connectivity index (χ0) is 9.64. The number of halogens is 2. The third-order valence-electron chi connectivity index (χ3n) is 2.57. The van der Waals surface area contributed by atoms with E-state index in [1.54, 1.807) is 0 Å². The van der Waals surface area contributed by atoms with Gasteiger partial charge in [-0.1, -0.05) is 30.1 Å². The Labute approximate surface area is 87.3 Å². The van der Waals surface area contributed by atoms with E-state index in [0.29, 0.717) is 10.3 Å². The summed E-state index contributed by atoms with van der Waals surface area (Å²) in [6, 6.07) is 0. The first-order valence-corrected chi connectivity index (χ1v) is 4.99. The van der Waals surface area contributed by atoms with E-state index in [1.807, 2.05) is 6.92 Å². The minimum atomic E-state index is 0.126. The number of hydrogen-bond acceptors (Lipinski definition) is 2. The fraction of sp³-hybridized carbons (Fsp3) is 0.556. The van der Waals surface area contributed by atoms with Crippen molar-refractivity contribution in [3.05, 3.63) is 21.7 Å². The molecule has 0 N–H and O–H groups in total. The van der Waals surface area contributed by atoms with Gasteiger partial charge in [-0.3, -0.25) is 0 Å². The third kappa shape index (κ3) is 1.53. The minimum absolute atomic E-state index is 0.126. The molecule has 0 aliphatic heterocycles. The molecule has 1 fully saturated rings. The van der Waals surface area contributed by atoms with Crippen LogP contribution in [0, 0.1) is 6.92 Å². The summed E-state index contributed by atoms with van der Waals surface area (Å²) in [5.41, 5.74) is 0.886. The van der Waals surface area contributed by atoms with Crippen molar-refractivity contribution in [3.63, 3.8) is 0 Å². The van der Waals surface area contributed by atoms with Crippen LogP contribution in [0.1, 0.15) is 31.2 Å². The van der Waals surface area contributed by atoms with Gasteiger partial charge in [-0.15, -0.1) is 0 Å². The van der Waals surface area contributed by atoms with E-state index in [1.165, 1.54) is 0 Å². The summed E-state index contributed by atoms with van der Waals surface area (Å²) in [6.07, 6.45) is 2.26. The van der Waals surface area contributed by atoms with Crippen molar-refractivity contribution >= 4 is 23.2 Å². The smallest absolute Gasteiger partial charge is 0.137 e. The molecule has 1 heterocycles. The number of nitrogens with zero attached hydrogens (tertiary/aromatic N) is 2. The van der Waals surface area contributed by atoms with Crippen LogP contribution >= 0.6 is 23.2 Å². The van der Waals surface area contributed by atoms with E-state index in [-0.39, 0.29) is 5.41 Å². The zero-order valence-electron chi connectivity index (χ0n) is 7.56. The molecule has 70 valence electrons. The molecule has 0 atom stereocenters. The monoisotopic (exact) mass is 216 g/mol. The van der Waals surface area contributed by atoms with Crippen molar-refractivity contribution < 1.29 is 0 Å². The van der Waals surface area contributed by atoms with E-state index >= 15 is 0 Å². The Hall–Kier alpha value is -0.340. The zero-order valence-corrected chi connectivity index (χ0v) is 9.08. The normalized spacial score (nSPS) is 18.8. The van der Waals surface area contributed by atoms with Crippen LogP contribution in [0.15, 0.2) is 0 Å². The van der Waals surface area contributed by atoms with Gasteiger partial charge in [0.2, 0.25) is 0 Å². The maximum atomic E-state index is 5.92. The molecule has 0 radical (unpaired) electrons. The van der Waals surface area contributed by atoms with Crippen molar-refractivity contribution in [2.75, 3.05) is 0 Å². The highest BCUT2D eigenvalue weighted by molar-refractivity contribution is 6.34. The molecule has 0 aromatic carbocycles. The van der Waals surface area contributed by atoms with Crippen LogP contribution < -0.4 is 0 Å². The first-order chi connectivity index (χ1) is 6.03. The molecule has 1 aliphatic carbocycles. The van der Waals surface area contributed by atoms with E-state index in [0.717, 1.165) is 24.2 Å². The van der Waals surface area contributed by atoms with E-state index in [2.05, 4.69) is 16.9 Å². The highest BCUT2D eigenvalue weighted by Gasteiger charge is 2.42. The van der Waals surface area contributed by atoms with Crippen molar-refractivity contribution in [1.29, 1.82) is 0 Å². The number of aromatic nitrogens is 2. The number of rotatable bonds is 1. The van der Waals surface area contributed by atoms with E-state index in [4.69, 9.17) is 23.2 Å². The Kier molecular flexibility index (Phi) is 2.00. The molecule has 1 aromatic heterocycles. The molecule has 0 amide bonds. The van der Waals surface area contributed by atoms with Gasteiger partial charge in [0.25, 0.3) is 0 Å². The Morgan fingerprint density at radius 1 is 1.15 bits per heavy atom. The van der Waals surface area contributed by atoms with Crippen LogP contribution in [0.5, 0.6) is 0 Å². The molecule has 0 spiro atoms. The second-order valence-electron chi connectivity index (χ2n) is 3.81. The molecule has 4 heteroatoms. The maximum Gasteiger partial charge on any atom is 0.137 e. The Morgan fingerprint density at radius 3 is 2.00 bits per heavy atom. The second-order valence-corrected chi connectivity index (χ2v) is 4.53. The molecular formula is C9H10Cl2N2. The Morgan fingerprint density at radius 2 is 1.62 bits per heavy atom. The van der Waals surface area contributed by atoms with Gasteiger partial charge in [0.1, 0.15) is 16.1 Å². The molecular weight excluding hydrogens is 207 g/mol.